The van der Waals surface area contributed by atoms with E-state index in [-0.39, 0.29) is 0 Å². The summed E-state index contributed by atoms with van der Waals surface area (Å²) in [5.74, 6) is 0.650. The zero-order valence-corrected chi connectivity index (χ0v) is 11.9. The zero-order valence-electron chi connectivity index (χ0n) is 11.9. The van der Waals surface area contributed by atoms with Crippen LogP contribution in [0.2, 0.25) is 0 Å². The summed E-state index contributed by atoms with van der Waals surface area (Å²) < 4.78 is 0. The minimum atomic E-state index is 0.300. The van der Waals surface area contributed by atoms with E-state index in [2.05, 4.69) is 61.3 Å². The summed E-state index contributed by atoms with van der Waals surface area (Å²) in [5, 5.41) is 3.48. The van der Waals surface area contributed by atoms with Gasteiger partial charge < -0.3 is 5.32 Å². The molecule has 1 atom stereocenters. The molecule has 0 radical (unpaired) electrons. The molecule has 2 heteroatoms. The summed E-state index contributed by atoms with van der Waals surface area (Å²) in [5.41, 5.74) is 1.76. The molecule has 1 N–H and O–H groups in total. The second-order valence-electron chi connectivity index (χ2n) is 6.08. The number of benzene rings is 1. The first-order valence-corrected chi connectivity index (χ1v) is 7.10. The highest BCUT2D eigenvalue weighted by atomic mass is 15.2. The van der Waals surface area contributed by atoms with E-state index in [0.717, 1.165) is 13.1 Å². The Morgan fingerprint density at radius 2 is 2.00 bits per heavy atom. The van der Waals surface area contributed by atoms with Gasteiger partial charge in [0.1, 0.15) is 0 Å². The van der Waals surface area contributed by atoms with Crippen molar-refractivity contribution in [1.29, 1.82) is 0 Å². The maximum atomic E-state index is 3.48. The number of piperazine rings is 1. The minimum absolute atomic E-state index is 0.300. The van der Waals surface area contributed by atoms with Gasteiger partial charge in [0.25, 0.3) is 0 Å². The van der Waals surface area contributed by atoms with Crippen LogP contribution >= 0.6 is 0 Å². The van der Waals surface area contributed by atoms with Crippen molar-refractivity contribution in [2.24, 2.45) is 0 Å². The van der Waals surface area contributed by atoms with E-state index < -0.39 is 0 Å². The summed E-state index contributed by atoms with van der Waals surface area (Å²) in [7, 11) is 0. The molecule has 1 aliphatic heterocycles. The first kappa shape index (κ1) is 13.6. The van der Waals surface area contributed by atoms with Gasteiger partial charge >= 0.3 is 0 Å². The normalized spacial score (nSPS) is 21.7. The highest BCUT2D eigenvalue weighted by molar-refractivity contribution is 5.18. The molecule has 1 aromatic carbocycles. The van der Waals surface area contributed by atoms with E-state index in [1.165, 1.54) is 25.1 Å². The first-order chi connectivity index (χ1) is 8.59. The average molecular weight is 246 g/mol. The van der Waals surface area contributed by atoms with Crippen molar-refractivity contribution >= 4 is 0 Å². The third kappa shape index (κ3) is 3.33. The summed E-state index contributed by atoms with van der Waals surface area (Å²) >= 11 is 0. The molecule has 0 bridgehead atoms. The Balaban J connectivity index is 1.87. The Labute approximate surface area is 111 Å². The molecule has 0 saturated carbocycles. The van der Waals surface area contributed by atoms with Crippen molar-refractivity contribution in [3.63, 3.8) is 0 Å². The number of rotatable bonds is 4. The third-order valence-electron chi connectivity index (χ3n) is 4.17. The summed E-state index contributed by atoms with van der Waals surface area (Å²) in [4.78, 5) is 2.63. The number of hydrogen-bond acceptors (Lipinski definition) is 2. The number of nitrogens with one attached hydrogen (secondary N) is 1. The van der Waals surface area contributed by atoms with E-state index in [0.29, 0.717) is 11.5 Å². The van der Waals surface area contributed by atoms with Gasteiger partial charge in [-0.2, -0.15) is 0 Å². The van der Waals surface area contributed by atoms with Crippen LogP contribution in [-0.4, -0.2) is 36.6 Å². The fourth-order valence-electron chi connectivity index (χ4n) is 2.73. The second-order valence-corrected chi connectivity index (χ2v) is 6.08. The molecule has 0 aliphatic carbocycles. The van der Waals surface area contributed by atoms with Crippen molar-refractivity contribution < 1.29 is 0 Å². The molecule has 1 heterocycles. The molecule has 1 fully saturated rings. The standard InChI is InChI=1S/C16H26N2/c1-14(15-7-5-4-6-8-15)9-11-18-12-10-17-13-16(18,2)3/h4-8,14,17H,9-13H2,1-3H3. The van der Waals surface area contributed by atoms with Crippen LogP contribution in [0.4, 0.5) is 0 Å². The Hall–Kier alpha value is -0.860. The Morgan fingerprint density at radius 3 is 2.67 bits per heavy atom. The highest BCUT2D eigenvalue weighted by Gasteiger charge is 2.29. The molecule has 2 nitrogen and oxygen atoms in total. The van der Waals surface area contributed by atoms with Crippen molar-refractivity contribution in [2.45, 2.75) is 38.6 Å². The molecular weight excluding hydrogens is 220 g/mol. The lowest BCUT2D eigenvalue weighted by Crippen LogP contribution is -2.58. The largest absolute Gasteiger partial charge is 0.314 e. The van der Waals surface area contributed by atoms with Crippen molar-refractivity contribution in [3.05, 3.63) is 35.9 Å². The second kappa shape index (κ2) is 5.85. The maximum Gasteiger partial charge on any atom is 0.0278 e. The third-order valence-corrected chi connectivity index (χ3v) is 4.17. The average Bonchev–Trinajstić information content (AvgIpc) is 2.38. The fraction of sp³-hybridized carbons (Fsp3) is 0.625. The van der Waals surface area contributed by atoms with E-state index in [9.17, 15) is 0 Å². The van der Waals surface area contributed by atoms with Gasteiger partial charge in [-0.25, -0.2) is 0 Å². The van der Waals surface area contributed by atoms with Gasteiger partial charge in [0.15, 0.2) is 0 Å². The van der Waals surface area contributed by atoms with E-state index >= 15 is 0 Å². The predicted molar refractivity (Wildman–Crippen MR) is 78.0 cm³/mol. The number of nitrogens with zero attached hydrogens (tertiary/aromatic N) is 1. The van der Waals surface area contributed by atoms with Crippen LogP contribution in [0.3, 0.4) is 0 Å². The van der Waals surface area contributed by atoms with Crippen molar-refractivity contribution in [3.8, 4) is 0 Å². The van der Waals surface area contributed by atoms with Crippen LogP contribution in [0, 0.1) is 0 Å². The molecule has 100 valence electrons. The van der Waals surface area contributed by atoms with E-state index in [1.807, 2.05) is 0 Å². The molecule has 1 saturated heterocycles. The molecular formula is C16H26N2. The summed E-state index contributed by atoms with van der Waals surface area (Å²) in [6, 6.07) is 10.9. The molecule has 18 heavy (non-hydrogen) atoms. The summed E-state index contributed by atoms with van der Waals surface area (Å²) in [6.45, 7) is 11.6. The van der Waals surface area contributed by atoms with Gasteiger partial charge in [-0.15, -0.1) is 0 Å². The lowest BCUT2D eigenvalue weighted by molar-refractivity contribution is 0.0876. The molecule has 1 unspecified atom stereocenters. The van der Waals surface area contributed by atoms with Crippen molar-refractivity contribution in [1.82, 2.24) is 10.2 Å². The zero-order chi connectivity index (χ0) is 13.0. The first-order valence-electron chi connectivity index (χ1n) is 7.10. The Morgan fingerprint density at radius 1 is 1.28 bits per heavy atom. The fourth-order valence-corrected chi connectivity index (χ4v) is 2.73. The Bertz CT molecular complexity index is 359. The van der Waals surface area contributed by atoms with Gasteiger partial charge in [0, 0.05) is 25.2 Å². The molecule has 1 aromatic rings. The maximum absolute atomic E-state index is 3.48. The van der Waals surface area contributed by atoms with Crippen LogP contribution in [0.15, 0.2) is 30.3 Å². The number of hydrogen-bond donors (Lipinski definition) is 1. The van der Waals surface area contributed by atoms with Gasteiger partial charge in [0.2, 0.25) is 0 Å². The van der Waals surface area contributed by atoms with Gasteiger partial charge in [-0.1, -0.05) is 37.3 Å². The van der Waals surface area contributed by atoms with Crippen LogP contribution in [-0.2, 0) is 0 Å². The molecule has 0 amide bonds. The van der Waals surface area contributed by atoms with Gasteiger partial charge in [-0.3, -0.25) is 4.90 Å². The summed E-state index contributed by atoms with van der Waals surface area (Å²) in [6.07, 6.45) is 1.24. The topological polar surface area (TPSA) is 15.3 Å². The molecule has 1 aliphatic rings. The van der Waals surface area contributed by atoms with Gasteiger partial charge in [0.05, 0.1) is 0 Å². The van der Waals surface area contributed by atoms with Crippen LogP contribution in [0.1, 0.15) is 38.7 Å². The van der Waals surface area contributed by atoms with Crippen LogP contribution in [0.25, 0.3) is 0 Å². The van der Waals surface area contributed by atoms with Gasteiger partial charge in [-0.05, 0) is 38.3 Å². The molecule has 2 rings (SSSR count). The molecule has 0 spiro atoms. The lowest BCUT2D eigenvalue weighted by atomic mass is 9.95. The quantitative estimate of drug-likeness (QED) is 0.879. The molecule has 0 aromatic heterocycles. The lowest BCUT2D eigenvalue weighted by Gasteiger charge is -2.43. The van der Waals surface area contributed by atoms with Crippen molar-refractivity contribution in [2.75, 3.05) is 26.2 Å². The highest BCUT2D eigenvalue weighted by Crippen LogP contribution is 2.22. The van der Waals surface area contributed by atoms with E-state index in [1.54, 1.807) is 0 Å². The predicted octanol–water partition coefficient (Wildman–Crippen LogP) is 2.86. The smallest absolute Gasteiger partial charge is 0.0278 e. The van der Waals surface area contributed by atoms with Crippen LogP contribution < -0.4 is 5.32 Å². The van der Waals surface area contributed by atoms with Crippen LogP contribution in [0.5, 0.6) is 0 Å². The Kier molecular flexibility index (Phi) is 4.41. The SMILES string of the molecule is CC(CCN1CCNCC1(C)C)c1ccccc1. The van der Waals surface area contributed by atoms with E-state index in [4.69, 9.17) is 0 Å². The monoisotopic (exact) mass is 246 g/mol. The minimum Gasteiger partial charge on any atom is -0.314 e.